The number of fused-ring (bicyclic) bond motifs is 2. The Bertz CT molecular complexity index is 1420. The maximum Gasteiger partial charge on any atom is 0.340 e. The molecule has 0 saturated heterocycles. The number of methoxy groups -OCH3 is 1. The molecule has 0 unspecified atom stereocenters. The van der Waals surface area contributed by atoms with Crippen LogP contribution in [0.25, 0.3) is 21.7 Å². The lowest BCUT2D eigenvalue weighted by Gasteiger charge is -2.11. The molecule has 1 aromatic heterocycles. The van der Waals surface area contributed by atoms with E-state index < -0.39 is 11.6 Å². The van der Waals surface area contributed by atoms with Crippen molar-refractivity contribution >= 4 is 45.1 Å². The molecule has 4 aromatic rings. The summed E-state index contributed by atoms with van der Waals surface area (Å²) < 4.78 is 15.7. The third-order valence-electron chi connectivity index (χ3n) is 5.32. The molecule has 162 valence electrons. The molecule has 3 aromatic carbocycles. The monoisotopic (exact) mass is 450 g/mol. The van der Waals surface area contributed by atoms with Gasteiger partial charge >= 0.3 is 11.6 Å². The van der Waals surface area contributed by atoms with Crippen LogP contribution in [0.4, 0.5) is 0 Å². The molecule has 4 rings (SSSR count). The van der Waals surface area contributed by atoms with E-state index in [4.69, 9.17) is 20.8 Å². The van der Waals surface area contributed by atoms with Gasteiger partial charge in [0.05, 0.1) is 24.1 Å². The van der Waals surface area contributed by atoms with E-state index in [9.17, 15) is 14.4 Å². The van der Waals surface area contributed by atoms with E-state index in [1.165, 1.54) is 13.2 Å². The molecule has 6 nitrogen and oxygen atoms in total. The average molecular weight is 451 g/mol. The minimum Gasteiger partial charge on any atom is -0.484 e. The summed E-state index contributed by atoms with van der Waals surface area (Å²) in [5, 5.41) is 2.83. The number of carbonyl (C=O) groups excluding carboxylic acids is 2. The summed E-state index contributed by atoms with van der Waals surface area (Å²) in [6.07, 6.45) is -0.198. The van der Waals surface area contributed by atoms with E-state index >= 15 is 0 Å². The largest absolute Gasteiger partial charge is 0.484 e. The summed E-state index contributed by atoms with van der Waals surface area (Å²) in [6, 6.07) is 16.3. The average Bonchev–Trinajstić information content (AvgIpc) is 2.80. The lowest BCUT2D eigenvalue weighted by Crippen LogP contribution is -2.16. The van der Waals surface area contributed by atoms with Gasteiger partial charge in [-0.1, -0.05) is 48.0 Å². The maximum absolute atomic E-state index is 12.6. The summed E-state index contributed by atoms with van der Waals surface area (Å²) >= 11 is 6.36. The van der Waals surface area contributed by atoms with Crippen molar-refractivity contribution in [3.8, 4) is 5.75 Å². The first kappa shape index (κ1) is 21.6. The molecule has 0 N–H and O–H groups in total. The highest BCUT2D eigenvalue weighted by atomic mass is 35.5. The van der Waals surface area contributed by atoms with Gasteiger partial charge in [0.2, 0.25) is 0 Å². The highest BCUT2D eigenvalue weighted by Gasteiger charge is 2.18. The Morgan fingerprint density at radius 3 is 2.53 bits per heavy atom. The van der Waals surface area contributed by atoms with Crippen molar-refractivity contribution in [2.75, 3.05) is 13.7 Å². The van der Waals surface area contributed by atoms with Crippen molar-refractivity contribution in [1.82, 2.24) is 0 Å². The third kappa shape index (κ3) is 4.22. The fourth-order valence-electron chi connectivity index (χ4n) is 3.51. The minimum atomic E-state index is -0.638. The first-order valence-corrected chi connectivity index (χ1v) is 10.2. The standard InChI is InChI=1S/C25H19ClO6/c1-14-18-10-20(26)23(12-22(18)32-25(29)19(14)11-24(28)30-2)31-13-21(27)17-8-7-15-5-3-4-6-16(15)9-17/h3-10,12H,11,13H2,1-2H3. The van der Waals surface area contributed by atoms with Gasteiger partial charge in [0.25, 0.3) is 0 Å². The van der Waals surface area contributed by atoms with Gasteiger partial charge in [-0.25, -0.2) is 4.79 Å². The highest BCUT2D eigenvalue weighted by molar-refractivity contribution is 6.32. The van der Waals surface area contributed by atoms with Crippen molar-refractivity contribution in [2.45, 2.75) is 13.3 Å². The van der Waals surface area contributed by atoms with Gasteiger partial charge in [-0.05, 0) is 35.4 Å². The Kier molecular flexibility index (Phi) is 5.97. The van der Waals surface area contributed by atoms with Gasteiger partial charge in [0.1, 0.15) is 11.3 Å². The van der Waals surface area contributed by atoms with Gasteiger partial charge in [0.15, 0.2) is 12.4 Å². The fraction of sp³-hybridized carbons (Fsp3) is 0.160. The third-order valence-corrected chi connectivity index (χ3v) is 5.61. The van der Waals surface area contributed by atoms with Crippen LogP contribution in [0.2, 0.25) is 5.02 Å². The van der Waals surface area contributed by atoms with Crippen LogP contribution < -0.4 is 10.4 Å². The van der Waals surface area contributed by atoms with Crippen molar-refractivity contribution < 1.29 is 23.5 Å². The molecule has 0 aliphatic heterocycles. The molecular weight excluding hydrogens is 432 g/mol. The Morgan fingerprint density at radius 2 is 1.78 bits per heavy atom. The maximum atomic E-state index is 12.6. The fourth-order valence-corrected chi connectivity index (χ4v) is 3.73. The Morgan fingerprint density at radius 1 is 1.03 bits per heavy atom. The second-order valence-electron chi connectivity index (χ2n) is 7.30. The van der Waals surface area contributed by atoms with Gasteiger partial charge < -0.3 is 13.9 Å². The summed E-state index contributed by atoms with van der Waals surface area (Å²) in [6.45, 7) is 1.48. The molecule has 7 heteroatoms. The normalized spacial score (nSPS) is 11.0. The van der Waals surface area contributed by atoms with E-state index in [0.29, 0.717) is 16.5 Å². The number of ether oxygens (including phenoxy) is 2. The zero-order chi connectivity index (χ0) is 22.8. The van der Waals surface area contributed by atoms with Gasteiger partial charge in [-0.3, -0.25) is 9.59 Å². The molecule has 0 fully saturated rings. The first-order valence-electron chi connectivity index (χ1n) is 9.85. The second kappa shape index (κ2) is 8.85. The predicted molar refractivity (Wildman–Crippen MR) is 122 cm³/mol. The molecule has 0 atom stereocenters. The van der Waals surface area contributed by atoms with Gasteiger partial charge in [-0.2, -0.15) is 0 Å². The number of rotatable bonds is 6. The van der Waals surface area contributed by atoms with Crippen molar-refractivity contribution in [1.29, 1.82) is 0 Å². The number of halogens is 1. The Hall–Kier alpha value is -3.64. The van der Waals surface area contributed by atoms with Crippen LogP contribution in [0.5, 0.6) is 5.75 Å². The summed E-state index contributed by atoms with van der Waals surface area (Å²) in [4.78, 5) is 36.6. The molecule has 1 heterocycles. The first-order chi connectivity index (χ1) is 15.4. The summed E-state index contributed by atoms with van der Waals surface area (Å²) in [5.74, 6) is -0.535. The molecule has 0 aliphatic carbocycles. The SMILES string of the molecule is COC(=O)Cc1c(C)c2cc(Cl)c(OCC(=O)c3ccc4ccccc4c3)cc2oc1=O. The molecule has 32 heavy (non-hydrogen) atoms. The van der Waals surface area contributed by atoms with Crippen LogP contribution in [0.15, 0.2) is 63.8 Å². The van der Waals surface area contributed by atoms with E-state index in [-0.39, 0.29) is 40.7 Å². The molecule has 0 aliphatic rings. The topological polar surface area (TPSA) is 82.8 Å². The quantitative estimate of drug-likeness (QED) is 0.236. The van der Waals surface area contributed by atoms with Gasteiger partial charge in [-0.15, -0.1) is 0 Å². The number of Topliss-reactive ketones (excluding diaryl/α,β-unsaturated/α-hetero) is 1. The van der Waals surface area contributed by atoms with Crippen LogP contribution in [0, 0.1) is 6.92 Å². The van der Waals surface area contributed by atoms with Crippen molar-refractivity contribution in [3.05, 3.63) is 86.7 Å². The number of hydrogen-bond acceptors (Lipinski definition) is 6. The number of esters is 1. The van der Waals surface area contributed by atoms with Crippen LogP contribution in [-0.2, 0) is 16.0 Å². The number of hydrogen-bond donors (Lipinski definition) is 0. The molecular formula is C25H19ClO6. The number of ketones is 1. The van der Waals surface area contributed by atoms with Crippen LogP contribution in [0.3, 0.4) is 0 Å². The van der Waals surface area contributed by atoms with E-state index in [1.807, 2.05) is 36.4 Å². The zero-order valence-electron chi connectivity index (χ0n) is 17.4. The van der Waals surface area contributed by atoms with Crippen LogP contribution in [0.1, 0.15) is 21.5 Å². The Balaban J connectivity index is 1.59. The smallest absolute Gasteiger partial charge is 0.340 e. The lowest BCUT2D eigenvalue weighted by molar-refractivity contribution is -0.139. The summed E-state index contributed by atoms with van der Waals surface area (Å²) in [5.41, 5.74) is 0.915. The number of aryl methyl sites for hydroxylation is 1. The van der Waals surface area contributed by atoms with E-state index in [1.54, 1.807) is 19.1 Å². The minimum absolute atomic E-state index is 0.198. The van der Waals surface area contributed by atoms with E-state index in [2.05, 4.69) is 4.74 Å². The molecule has 0 saturated carbocycles. The lowest BCUT2D eigenvalue weighted by atomic mass is 10.0. The highest BCUT2D eigenvalue weighted by Crippen LogP contribution is 2.32. The summed E-state index contributed by atoms with van der Waals surface area (Å²) in [7, 11) is 1.25. The molecule has 0 bridgehead atoms. The zero-order valence-corrected chi connectivity index (χ0v) is 18.2. The molecule has 0 radical (unpaired) electrons. The predicted octanol–water partition coefficient (Wildman–Crippen LogP) is 4.89. The van der Waals surface area contributed by atoms with E-state index in [0.717, 1.165) is 10.8 Å². The number of benzene rings is 3. The van der Waals surface area contributed by atoms with Crippen LogP contribution >= 0.6 is 11.6 Å². The molecule has 0 spiro atoms. The number of carbonyl (C=O) groups is 2. The van der Waals surface area contributed by atoms with Crippen molar-refractivity contribution in [3.63, 3.8) is 0 Å². The van der Waals surface area contributed by atoms with Gasteiger partial charge in [0, 0.05) is 17.0 Å². The van der Waals surface area contributed by atoms with Crippen molar-refractivity contribution in [2.24, 2.45) is 0 Å². The van der Waals surface area contributed by atoms with Crippen LogP contribution in [-0.4, -0.2) is 25.5 Å². The Labute approximate surface area is 188 Å². The molecule has 0 amide bonds. The second-order valence-corrected chi connectivity index (χ2v) is 7.71.